The molecule has 7 aromatic carbocycles. The Morgan fingerprint density at radius 2 is 0.960 bits per heavy atom. The van der Waals surface area contributed by atoms with Crippen LogP contribution in [0, 0.1) is 0 Å². The zero-order valence-electron chi connectivity index (χ0n) is 26.9. The van der Waals surface area contributed by atoms with E-state index < -0.39 is 0 Å². The average Bonchev–Trinajstić information content (AvgIpc) is 3.74. The second kappa shape index (κ2) is 11.8. The molecular formula is C45H28N4Se. The molecule has 0 bridgehead atoms. The fourth-order valence-electron chi connectivity index (χ4n) is 7.09. The van der Waals surface area contributed by atoms with E-state index >= 15 is 0 Å². The summed E-state index contributed by atoms with van der Waals surface area (Å²) in [6, 6.07) is 60.0. The van der Waals surface area contributed by atoms with Gasteiger partial charge >= 0.3 is 284 Å². The van der Waals surface area contributed by atoms with Crippen molar-refractivity contribution in [3.05, 3.63) is 170 Å². The number of hydrogen-bond acceptors (Lipinski definition) is 3. The fraction of sp³-hybridized carbons (Fsp3) is 0. The van der Waals surface area contributed by atoms with E-state index in [9.17, 15) is 0 Å². The van der Waals surface area contributed by atoms with E-state index in [1.54, 1.807) is 0 Å². The van der Waals surface area contributed by atoms with Crippen LogP contribution in [-0.4, -0.2) is 34.0 Å². The molecule has 0 aliphatic heterocycles. The van der Waals surface area contributed by atoms with Crippen molar-refractivity contribution in [2.75, 3.05) is 0 Å². The standard InChI is InChI=1S/C45H28N4Se/c1-3-12-29(13-4-1)30-22-24-31(25-23-30)43-46-44(48-45(47-43)38-19-11-18-37-36-17-8-10-21-41(36)50-42(37)38)32-26-27-35-34-16-7-9-20-39(34)49(40(35)28-32)33-14-5-2-6-15-33/h1-28H. The molecule has 0 aliphatic rings. The van der Waals surface area contributed by atoms with Crippen LogP contribution in [0.1, 0.15) is 0 Å². The summed E-state index contributed by atoms with van der Waals surface area (Å²) in [5, 5.41) is 5.01. The predicted octanol–water partition coefficient (Wildman–Crippen LogP) is 11.0. The Morgan fingerprint density at radius 1 is 0.380 bits per heavy atom. The quantitative estimate of drug-likeness (QED) is 0.168. The molecule has 0 atom stereocenters. The SMILES string of the molecule is c1ccc(-c2ccc(-c3nc(-c4ccc5c6ccccc6n(-c6ccccc6)c5c4)nc(-c4cccc5c4[se]c4ccccc45)n3)cc2)cc1. The second-order valence-corrected chi connectivity index (χ2v) is 14.7. The van der Waals surface area contributed by atoms with Crippen molar-refractivity contribution in [3.8, 4) is 51.0 Å². The van der Waals surface area contributed by atoms with Crippen molar-refractivity contribution in [3.63, 3.8) is 0 Å². The molecule has 234 valence electrons. The van der Waals surface area contributed by atoms with Gasteiger partial charge in [-0.2, -0.15) is 0 Å². The molecular weight excluding hydrogens is 675 g/mol. The molecule has 0 spiro atoms. The summed E-state index contributed by atoms with van der Waals surface area (Å²) in [5.74, 6) is 2.02. The fourth-order valence-corrected chi connectivity index (χ4v) is 9.63. The molecule has 4 nitrogen and oxygen atoms in total. The Kier molecular flexibility index (Phi) is 6.80. The molecule has 0 radical (unpaired) electrons. The Morgan fingerprint density at radius 3 is 1.78 bits per heavy atom. The second-order valence-electron chi connectivity index (χ2n) is 12.5. The summed E-state index contributed by atoms with van der Waals surface area (Å²) in [7, 11) is 0. The first-order valence-corrected chi connectivity index (χ1v) is 18.4. The molecule has 0 saturated carbocycles. The van der Waals surface area contributed by atoms with E-state index in [1.807, 2.05) is 6.07 Å². The van der Waals surface area contributed by atoms with E-state index in [2.05, 4.69) is 168 Å². The number of benzene rings is 7. The summed E-state index contributed by atoms with van der Waals surface area (Å²) < 4.78 is 5.06. The monoisotopic (exact) mass is 704 g/mol. The van der Waals surface area contributed by atoms with Crippen LogP contribution in [-0.2, 0) is 0 Å². The molecule has 0 unspecified atom stereocenters. The van der Waals surface area contributed by atoms with Gasteiger partial charge in [0.2, 0.25) is 0 Å². The van der Waals surface area contributed by atoms with Gasteiger partial charge in [0.1, 0.15) is 0 Å². The first-order chi connectivity index (χ1) is 24.8. The molecule has 0 fully saturated rings. The maximum atomic E-state index is 5.25. The van der Waals surface area contributed by atoms with E-state index in [1.165, 1.54) is 41.1 Å². The number of aromatic nitrogens is 4. The van der Waals surface area contributed by atoms with Crippen LogP contribution in [0.4, 0.5) is 0 Å². The van der Waals surface area contributed by atoms with Gasteiger partial charge in [-0.3, -0.25) is 0 Å². The summed E-state index contributed by atoms with van der Waals surface area (Å²) in [4.78, 5) is 15.6. The Hall–Kier alpha value is -6.13. The molecule has 10 aromatic rings. The summed E-state index contributed by atoms with van der Waals surface area (Å²) in [6.45, 7) is 0. The number of para-hydroxylation sites is 2. The van der Waals surface area contributed by atoms with Gasteiger partial charge in [0, 0.05) is 0 Å². The summed E-state index contributed by atoms with van der Waals surface area (Å²) in [5.41, 5.74) is 8.72. The third kappa shape index (κ3) is 4.79. The van der Waals surface area contributed by atoms with E-state index in [0.717, 1.165) is 33.5 Å². The minimum absolute atomic E-state index is 0.155. The van der Waals surface area contributed by atoms with Crippen LogP contribution in [0.5, 0.6) is 0 Å². The number of nitrogens with zero attached hydrogens (tertiary/aromatic N) is 4. The first kappa shape index (κ1) is 28.8. The molecule has 0 N–H and O–H groups in total. The number of hydrogen-bond donors (Lipinski definition) is 0. The maximum absolute atomic E-state index is 5.25. The zero-order chi connectivity index (χ0) is 33.0. The summed E-state index contributed by atoms with van der Waals surface area (Å²) in [6.07, 6.45) is 0. The van der Waals surface area contributed by atoms with Crippen LogP contribution in [0.25, 0.3) is 92.1 Å². The Balaban J connectivity index is 1.20. The van der Waals surface area contributed by atoms with Gasteiger partial charge in [-0.1, -0.05) is 12.1 Å². The van der Waals surface area contributed by atoms with Crippen LogP contribution in [0.2, 0.25) is 0 Å². The number of fused-ring (bicyclic) bond motifs is 6. The van der Waals surface area contributed by atoms with E-state index in [4.69, 9.17) is 15.0 Å². The van der Waals surface area contributed by atoms with Gasteiger partial charge in [0.05, 0.1) is 0 Å². The molecule has 0 amide bonds. The van der Waals surface area contributed by atoms with E-state index in [0.29, 0.717) is 17.5 Å². The molecule has 0 saturated heterocycles. The third-order valence-corrected chi connectivity index (χ3v) is 12.0. The molecule has 0 aliphatic carbocycles. The van der Waals surface area contributed by atoms with Gasteiger partial charge in [0.25, 0.3) is 0 Å². The molecule has 5 heteroatoms. The van der Waals surface area contributed by atoms with Crippen LogP contribution >= 0.6 is 0 Å². The Labute approximate surface area is 294 Å². The topological polar surface area (TPSA) is 43.6 Å². The Bertz CT molecular complexity index is 2850. The van der Waals surface area contributed by atoms with Crippen LogP contribution in [0.3, 0.4) is 0 Å². The normalized spacial score (nSPS) is 11.6. The number of rotatable bonds is 5. The molecule has 50 heavy (non-hydrogen) atoms. The van der Waals surface area contributed by atoms with Crippen molar-refractivity contribution in [1.82, 2.24) is 19.5 Å². The molecule has 3 heterocycles. The minimum atomic E-state index is 0.155. The van der Waals surface area contributed by atoms with Crippen molar-refractivity contribution in [1.29, 1.82) is 0 Å². The van der Waals surface area contributed by atoms with Gasteiger partial charge in [-0.15, -0.1) is 0 Å². The van der Waals surface area contributed by atoms with E-state index in [-0.39, 0.29) is 14.5 Å². The average molecular weight is 704 g/mol. The third-order valence-electron chi connectivity index (χ3n) is 9.48. The molecule has 10 rings (SSSR count). The first-order valence-electron chi connectivity index (χ1n) is 16.7. The van der Waals surface area contributed by atoms with Crippen LogP contribution < -0.4 is 0 Å². The van der Waals surface area contributed by atoms with Crippen molar-refractivity contribution >= 4 is 55.6 Å². The van der Waals surface area contributed by atoms with Crippen molar-refractivity contribution in [2.45, 2.75) is 0 Å². The summed E-state index contributed by atoms with van der Waals surface area (Å²) >= 11 is 0.155. The van der Waals surface area contributed by atoms with Crippen molar-refractivity contribution < 1.29 is 0 Å². The van der Waals surface area contributed by atoms with Crippen molar-refractivity contribution in [2.24, 2.45) is 0 Å². The van der Waals surface area contributed by atoms with Gasteiger partial charge in [-0.05, 0) is 0 Å². The predicted molar refractivity (Wildman–Crippen MR) is 208 cm³/mol. The molecule has 3 aromatic heterocycles. The van der Waals surface area contributed by atoms with Crippen LogP contribution in [0.15, 0.2) is 170 Å². The van der Waals surface area contributed by atoms with Gasteiger partial charge in [0.15, 0.2) is 0 Å². The van der Waals surface area contributed by atoms with Gasteiger partial charge in [-0.25, -0.2) is 0 Å². The zero-order valence-corrected chi connectivity index (χ0v) is 28.6. The van der Waals surface area contributed by atoms with Gasteiger partial charge < -0.3 is 0 Å².